The van der Waals surface area contributed by atoms with Crippen LogP contribution < -0.4 is 10.6 Å². The molecule has 0 aromatic heterocycles. The van der Waals surface area contributed by atoms with E-state index in [4.69, 9.17) is 5.41 Å². The molecule has 0 fully saturated rings. The number of allylic oxidation sites excluding steroid dienone is 4. The van der Waals surface area contributed by atoms with Crippen molar-refractivity contribution in [3.8, 4) is 0 Å². The largest absolute Gasteiger partial charge is 0.493 e. The van der Waals surface area contributed by atoms with Gasteiger partial charge in [-0.2, -0.15) is 0 Å². The van der Waals surface area contributed by atoms with Crippen molar-refractivity contribution < 1.29 is 9.50 Å². The minimum absolute atomic E-state index is 0.171. The Labute approximate surface area is 117 Å². The van der Waals surface area contributed by atoms with Crippen molar-refractivity contribution in [3.63, 3.8) is 0 Å². The van der Waals surface area contributed by atoms with E-state index in [-0.39, 0.29) is 17.7 Å². The lowest BCUT2D eigenvalue weighted by atomic mass is 10.1. The van der Waals surface area contributed by atoms with E-state index in [1.54, 1.807) is 0 Å². The second-order valence-electron chi connectivity index (χ2n) is 4.00. The van der Waals surface area contributed by atoms with Crippen LogP contribution in [-0.2, 0) is 0 Å². The Morgan fingerprint density at radius 2 is 2.30 bits per heavy atom. The monoisotopic (exact) mass is 278 g/mol. The van der Waals surface area contributed by atoms with E-state index >= 15 is 0 Å². The number of alkyl halides is 1. The van der Waals surface area contributed by atoms with Crippen LogP contribution in [0.1, 0.15) is 6.92 Å². The highest BCUT2D eigenvalue weighted by Crippen LogP contribution is 2.05. The molecular weight excluding hydrogens is 259 g/mol. The molecule has 1 heterocycles. The first kappa shape index (κ1) is 15.8. The number of nitrogens with zero attached hydrogens (tertiary/aromatic N) is 1. The minimum Gasteiger partial charge on any atom is -0.493 e. The van der Waals surface area contributed by atoms with Gasteiger partial charge in [0.1, 0.15) is 6.80 Å². The zero-order valence-electron chi connectivity index (χ0n) is 11.3. The lowest BCUT2D eigenvalue weighted by Gasteiger charge is -2.14. The van der Waals surface area contributed by atoms with Gasteiger partial charge in [0.2, 0.25) is 5.90 Å². The van der Waals surface area contributed by atoms with Crippen LogP contribution in [0.3, 0.4) is 0 Å². The maximum absolute atomic E-state index is 12.3. The second kappa shape index (κ2) is 8.82. The van der Waals surface area contributed by atoms with Gasteiger partial charge in [-0.25, -0.2) is 9.38 Å². The molecule has 1 aliphatic rings. The van der Waals surface area contributed by atoms with E-state index < -0.39 is 6.80 Å². The molecule has 0 aliphatic carbocycles. The van der Waals surface area contributed by atoms with E-state index in [1.807, 2.05) is 31.2 Å². The molecule has 1 unspecified atom stereocenters. The number of nitrogens with one attached hydrogen (secondary N) is 3. The molecule has 0 bridgehead atoms. The summed E-state index contributed by atoms with van der Waals surface area (Å²) in [7, 11) is 0. The molecule has 0 saturated carbocycles. The normalized spacial score (nSPS) is 19.0. The highest BCUT2D eigenvalue weighted by molar-refractivity contribution is 6.25. The molecule has 1 aliphatic heterocycles. The average Bonchev–Trinajstić information content (AvgIpc) is 2.42. The lowest BCUT2D eigenvalue weighted by molar-refractivity contribution is 0.398. The Morgan fingerprint density at radius 1 is 1.50 bits per heavy atom. The Morgan fingerprint density at radius 3 is 2.95 bits per heavy atom. The van der Waals surface area contributed by atoms with Gasteiger partial charge in [-0.3, -0.25) is 10.7 Å². The van der Waals surface area contributed by atoms with Gasteiger partial charge >= 0.3 is 0 Å². The fraction of sp³-hybridized carbons (Fsp3) is 0.286. The van der Waals surface area contributed by atoms with Gasteiger partial charge in [0.15, 0.2) is 0 Å². The first-order valence-corrected chi connectivity index (χ1v) is 6.24. The predicted octanol–water partition coefficient (Wildman–Crippen LogP) is 1.98. The molecule has 20 heavy (non-hydrogen) atoms. The summed E-state index contributed by atoms with van der Waals surface area (Å²) < 4.78 is 12.3. The smallest absolute Gasteiger partial charge is 0.221 e. The number of hydrogen-bond acceptors (Lipinski definition) is 4. The summed E-state index contributed by atoms with van der Waals surface area (Å²) in [6.07, 6.45) is 11.7. The molecule has 0 aromatic carbocycles. The quantitative estimate of drug-likeness (QED) is 0.424. The topological polar surface area (TPSA) is 80.5 Å². The van der Waals surface area contributed by atoms with E-state index in [0.717, 1.165) is 0 Å². The molecule has 1 atom stereocenters. The fourth-order valence-corrected chi connectivity index (χ4v) is 1.51. The van der Waals surface area contributed by atoms with Crippen LogP contribution in [0, 0.1) is 5.41 Å². The van der Waals surface area contributed by atoms with Crippen molar-refractivity contribution in [3.05, 3.63) is 48.4 Å². The van der Waals surface area contributed by atoms with Gasteiger partial charge in [0, 0.05) is 25.0 Å². The fourth-order valence-electron chi connectivity index (χ4n) is 1.51. The number of hydrogen-bond donors (Lipinski definition) is 4. The highest BCUT2D eigenvalue weighted by Gasteiger charge is 2.12. The van der Waals surface area contributed by atoms with E-state index in [2.05, 4.69) is 15.6 Å². The summed E-state index contributed by atoms with van der Waals surface area (Å²) in [5, 5.41) is 22.8. The van der Waals surface area contributed by atoms with Crippen molar-refractivity contribution in [2.24, 2.45) is 4.99 Å². The maximum atomic E-state index is 12.3. The molecule has 5 nitrogen and oxygen atoms in total. The summed E-state index contributed by atoms with van der Waals surface area (Å²) in [5.74, 6) is -0.204. The van der Waals surface area contributed by atoms with Gasteiger partial charge in [0.05, 0.1) is 11.3 Å². The molecule has 0 amide bonds. The molecule has 6 heteroatoms. The van der Waals surface area contributed by atoms with E-state index in [1.165, 1.54) is 18.5 Å². The van der Waals surface area contributed by atoms with Crippen LogP contribution in [0.25, 0.3) is 0 Å². The zero-order valence-corrected chi connectivity index (χ0v) is 11.3. The molecule has 0 saturated heterocycles. The van der Waals surface area contributed by atoms with E-state index in [9.17, 15) is 9.50 Å². The Kier molecular flexibility index (Phi) is 6.99. The molecule has 0 spiro atoms. The third-order valence-electron chi connectivity index (χ3n) is 2.54. The first-order valence-electron chi connectivity index (χ1n) is 6.24. The molecule has 1 rings (SSSR count). The number of halogens is 1. The average molecular weight is 278 g/mol. The number of rotatable bonds is 7. The first-order chi connectivity index (χ1) is 9.69. The van der Waals surface area contributed by atoms with E-state index in [0.29, 0.717) is 12.1 Å². The van der Waals surface area contributed by atoms with Crippen LogP contribution in [-0.4, -0.2) is 36.1 Å². The van der Waals surface area contributed by atoms with Crippen LogP contribution >= 0.6 is 0 Å². The van der Waals surface area contributed by atoms with Gasteiger partial charge in [0.25, 0.3) is 0 Å². The van der Waals surface area contributed by atoms with Gasteiger partial charge in [-0.05, 0) is 13.0 Å². The summed E-state index contributed by atoms with van der Waals surface area (Å²) >= 11 is 0. The maximum Gasteiger partial charge on any atom is 0.221 e. The second-order valence-corrected chi connectivity index (χ2v) is 4.00. The minimum atomic E-state index is -0.631. The van der Waals surface area contributed by atoms with Crippen molar-refractivity contribution in [1.29, 1.82) is 5.41 Å². The number of aliphatic hydroxyl groups excluding tert-OH is 1. The summed E-state index contributed by atoms with van der Waals surface area (Å²) in [6.45, 7) is 1.69. The van der Waals surface area contributed by atoms with Crippen molar-refractivity contribution in [1.82, 2.24) is 10.6 Å². The number of aliphatic imine (C=N–C) groups is 1. The Hall–Kier alpha value is -2.21. The summed E-state index contributed by atoms with van der Waals surface area (Å²) in [5.41, 5.74) is 0.480. The zero-order chi connectivity index (χ0) is 14.8. The Bertz CT molecular complexity index is 478. The van der Waals surface area contributed by atoms with Crippen LogP contribution in [0.2, 0.25) is 0 Å². The highest BCUT2D eigenvalue weighted by atomic mass is 19.1. The van der Waals surface area contributed by atoms with Crippen LogP contribution in [0.5, 0.6) is 0 Å². The van der Waals surface area contributed by atoms with Gasteiger partial charge in [-0.15, -0.1) is 0 Å². The molecule has 0 aromatic rings. The van der Waals surface area contributed by atoms with Crippen LogP contribution in [0.15, 0.2) is 53.3 Å². The third kappa shape index (κ3) is 5.19. The third-order valence-corrected chi connectivity index (χ3v) is 2.54. The molecule has 4 N–H and O–H groups in total. The lowest BCUT2D eigenvalue weighted by Crippen LogP contribution is -2.35. The molecular formula is C14H19FN4O. The number of aliphatic hydroxyl groups is 1. The van der Waals surface area contributed by atoms with Crippen molar-refractivity contribution >= 4 is 11.6 Å². The van der Waals surface area contributed by atoms with Crippen molar-refractivity contribution in [2.45, 2.75) is 13.0 Å². The summed E-state index contributed by atoms with van der Waals surface area (Å²) in [4.78, 5) is 3.70. The summed E-state index contributed by atoms with van der Waals surface area (Å²) in [6, 6.07) is -0.194. The van der Waals surface area contributed by atoms with Crippen LogP contribution in [0.4, 0.5) is 4.39 Å². The van der Waals surface area contributed by atoms with Gasteiger partial charge in [-0.1, -0.05) is 24.3 Å². The predicted molar refractivity (Wildman–Crippen MR) is 79.9 cm³/mol. The SMILES string of the molecule is C/C=C/C=C\C(CN/C=C1\C(=N)C=CN=C1O)NCF. The standard InChI is InChI=1S/C14H19FN4O/c1-2-3-4-5-11(19-10-15)8-17-9-12-13(16)6-7-18-14(12)20/h2-7,9,11,16-17,19H,8,10H2,1H3,(H,18,20)/b3-2+,5-4-,12-9+,16-13?. The molecule has 108 valence electrons. The Balaban J connectivity index is 2.57. The molecule has 0 radical (unpaired) electrons. The van der Waals surface area contributed by atoms with Gasteiger partial charge < -0.3 is 10.4 Å². The van der Waals surface area contributed by atoms with Crippen molar-refractivity contribution in [2.75, 3.05) is 13.3 Å².